The molecule has 0 saturated carbocycles. The standard InChI is InChI=1S/C17H20N2/c1-2-18-10-13-8-17(12-19-11-13)16-7-6-14-4-3-5-15(14)9-16/h6-9,11-12,18H,2-5,10H2,1H3. The summed E-state index contributed by atoms with van der Waals surface area (Å²) in [5.41, 5.74) is 6.83. The van der Waals surface area contributed by atoms with E-state index in [4.69, 9.17) is 0 Å². The molecule has 1 aromatic carbocycles. The lowest BCUT2D eigenvalue weighted by molar-refractivity contribution is 0.724. The minimum absolute atomic E-state index is 0.891. The Labute approximate surface area is 114 Å². The maximum absolute atomic E-state index is 4.37. The van der Waals surface area contributed by atoms with Crippen molar-refractivity contribution in [3.05, 3.63) is 53.3 Å². The molecule has 2 aromatic rings. The molecule has 19 heavy (non-hydrogen) atoms. The molecule has 1 heterocycles. The normalized spacial score (nSPS) is 13.5. The second-order valence-electron chi connectivity index (χ2n) is 5.20. The third-order valence-electron chi connectivity index (χ3n) is 3.81. The summed E-state index contributed by atoms with van der Waals surface area (Å²) in [6.07, 6.45) is 7.69. The van der Waals surface area contributed by atoms with E-state index in [1.54, 1.807) is 0 Å². The minimum atomic E-state index is 0.891. The quantitative estimate of drug-likeness (QED) is 0.902. The number of nitrogens with one attached hydrogen (secondary N) is 1. The van der Waals surface area contributed by atoms with Gasteiger partial charge in [-0.1, -0.05) is 25.1 Å². The number of pyridine rings is 1. The van der Waals surface area contributed by atoms with Crippen LogP contribution >= 0.6 is 0 Å². The van der Waals surface area contributed by atoms with Crippen LogP contribution in [0.4, 0.5) is 0 Å². The number of nitrogens with zero attached hydrogens (tertiary/aromatic N) is 1. The summed E-state index contributed by atoms with van der Waals surface area (Å²) in [6.45, 7) is 4.00. The van der Waals surface area contributed by atoms with Crippen molar-refractivity contribution in [2.45, 2.75) is 32.7 Å². The minimum Gasteiger partial charge on any atom is -0.313 e. The number of aryl methyl sites for hydroxylation is 2. The van der Waals surface area contributed by atoms with E-state index in [0.29, 0.717) is 0 Å². The number of hydrogen-bond donors (Lipinski definition) is 1. The predicted octanol–water partition coefficient (Wildman–Crippen LogP) is 3.35. The topological polar surface area (TPSA) is 24.9 Å². The van der Waals surface area contributed by atoms with E-state index >= 15 is 0 Å². The van der Waals surface area contributed by atoms with E-state index in [0.717, 1.165) is 13.1 Å². The molecule has 98 valence electrons. The van der Waals surface area contributed by atoms with Crippen LogP contribution in [-0.4, -0.2) is 11.5 Å². The Morgan fingerprint density at radius 1 is 1.05 bits per heavy atom. The SMILES string of the molecule is CCNCc1cncc(-c2ccc3c(c2)CCC3)c1. The molecule has 0 saturated heterocycles. The molecule has 0 aliphatic heterocycles. The smallest absolute Gasteiger partial charge is 0.0346 e. The van der Waals surface area contributed by atoms with Gasteiger partial charge in [-0.05, 0) is 54.1 Å². The fourth-order valence-corrected chi connectivity index (χ4v) is 2.76. The van der Waals surface area contributed by atoms with E-state index < -0.39 is 0 Å². The highest BCUT2D eigenvalue weighted by molar-refractivity contribution is 5.65. The molecular weight excluding hydrogens is 232 g/mol. The third kappa shape index (κ3) is 2.69. The van der Waals surface area contributed by atoms with Gasteiger partial charge in [0.25, 0.3) is 0 Å². The molecule has 0 spiro atoms. The molecule has 0 fully saturated rings. The van der Waals surface area contributed by atoms with Crippen LogP contribution in [0.15, 0.2) is 36.7 Å². The van der Waals surface area contributed by atoms with E-state index in [9.17, 15) is 0 Å². The van der Waals surface area contributed by atoms with Gasteiger partial charge in [0.2, 0.25) is 0 Å². The fourth-order valence-electron chi connectivity index (χ4n) is 2.76. The second kappa shape index (κ2) is 5.54. The van der Waals surface area contributed by atoms with Crippen molar-refractivity contribution in [3.63, 3.8) is 0 Å². The third-order valence-corrected chi connectivity index (χ3v) is 3.81. The lowest BCUT2D eigenvalue weighted by Crippen LogP contribution is -2.11. The highest BCUT2D eigenvalue weighted by atomic mass is 14.8. The zero-order valence-electron chi connectivity index (χ0n) is 11.4. The van der Waals surface area contributed by atoms with Gasteiger partial charge in [-0.3, -0.25) is 4.98 Å². The van der Waals surface area contributed by atoms with Gasteiger partial charge >= 0.3 is 0 Å². The van der Waals surface area contributed by atoms with Crippen molar-refractivity contribution in [1.82, 2.24) is 10.3 Å². The first-order valence-electron chi connectivity index (χ1n) is 7.13. The Balaban J connectivity index is 1.89. The van der Waals surface area contributed by atoms with E-state index in [-0.39, 0.29) is 0 Å². The van der Waals surface area contributed by atoms with Crippen LogP contribution in [-0.2, 0) is 19.4 Å². The molecule has 1 aliphatic rings. The Hall–Kier alpha value is -1.67. The monoisotopic (exact) mass is 252 g/mol. The molecule has 2 nitrogen and oxygen atoms in total. The summed E-state index contributed by atoms with van der Waals surface area (Å²) in [7, 11) is 0. The largest absolute Gasteiger partial charge is 0.313 e. The fraction of sp³-hybridized carbons (Fsp3) is 0.353. The van der Waals surface area contributed by atoms with Crippen LogP contribution in [0.2, 0.25) is 0 Å². The molecule has 0 bridgehead atoms. The second-order valence-corrected chi connectivity index (χ2v) is 5.20. The molecule has 2 heteroatoms. The van der Waals surface area contributed by atoms with Gasteiger partial charge in [-0.25, -0.2) is 0 Å². The molecule has 0 amide bonds. The highest BCUT2D eigenvalue weighted by Gasteiger charge is 2.11. The van der Waals surface area contributed by atoms with Gasteiger partial charge in [0.1, 0.15) is 0 Å². The molecule has 1 aromatic heterocycles. The first-order chi connectivity index (χ1) is 9.36. The summed E-state index contributed by atoms with van der Waals surface area (Å²) < 4.78 is 0. The van der Waals surface area contributed by atoms with Crippen LogP contribution in [0.3, 0.4) is 0 Å². The van der Waals surface area contributed by atoms with Crippen LogP contribution in [0.5, 0.6) is 0 Å². The summed E-state index contributed by atoms with van der Waals surface area (Å²) in [6, 6.07) is 9.11. The highest BCUT2D eigenvalue weighted by Crippen LogP contribution is 2.28. The van der Waals surface area contributed by atoms with Crippen LogP contribution in [0.1, 0.15) is 30.0 Å². The van der Waals surface area contributed by atoms with E-state index in [2.05, 4.69) is 41.5 Å². The molecule has 3 rings (SSSR count). The number of aromatic nitrogens is 1. The van der Waals surface area contributed by atoms with Crippen molar-refractivity contribution in [2.24, 2.45) is 0 Å². The Morgan fingerprint density at radius 3 is 2.84 bits per heavy atom. The van der Waals surface area contributed by atoms with Gasteiger partial charge in [-0.2, -0.15) is 0 Å². The average molecular weight is 252 g/mol. The predicted molar refractivity (Wildman–Crippen MR) is 79.1 cm³/mol. The summed E-state index contributed by atoms with van der Waals surface area (Å²) in [5, 5.41) is 3.34. The van der Waals surface area contributed by atoms with Gasteiger partial charge in [0.05, 0.1) is 0 Å². The van der Waals surface area contributed by atoms with Crippen molar-refractivity contribution >= 4 is 0 Å². The number of hydrogen-bond acceptors (Lipinski definition) is 2. The lowest BCUT2D eigenvalue weighted by atomic mass is 10.0. The molecule has 0 unspecified atom stereocenters. The number of rotatable bonds is 4. The van der Waals surface area contributed by atoms with E-state index in [1.165, 1.54) is 47.1 Å². The first-order valence-corrected chi connectivity index (χ1v) is 7.13. The number of fused-ring (bicyclic) bond motifs is 1. The molecule has 1 aliphatic carbocycles. The van der Waals surface area contributed by atoms with Gasteiger partial charge in [0, 0.05) is 24.5 Å². The molecule has 0 radical (unpaired) electrons. The lowest BCUT2D eigenvalue weighted by Gasteiger charge is -2.07. The van der Waals surface area contributed by atoms with Crippen molar-refractivity contribution in [2.75, 3.05) is 6.54 Å². The molecular formula is C17H20N2. The zero-order valence-corrected chi connectivity index (χ0v) is 11.4. The summed E-state index contributed by atoms with van der Waals surface area (Å²) in [5.74, 6) is 0. The Bertz CT molecular complexity index is 575. The summed E-state index contributed by atoms with van der Waals surface area (Å²) in [4.78, 5) is 4.37. The van der Waals surface area contributed by atoms with Gasteiger partial charge < -0.3 is 5.32 Å². The van der Waals surface area contributed by atoms with Crippen LogP contribution in [0.25, 0.3) is 11.1 Å². The van der Waals surface area contributed by atoms with Crippen LogP contribution < -0.4 is 5.32 Å². The Kier molecular flexibility index (Phi) is 3.60. The molecule has 0 atom stereocenters. The Morgan fingerprint density at radius 2 is 1.95 bits per heavy atom. The molecule has 1 N–H and O–H groups in total. The number of benzene rings is 1. The van der Waals surface area contributed by atoms with Crippen molar-refractivity contribution in [3.8, 4) is 11.1 Å². The first kappa shape index (κ1) is 12.4. The van der Waals surface area contributed by atoms with Gasteiger partial charge in [0.15, 0.2) is 0 Å². The summed E-state index contributed by atoms with van der Waals surface area (Å²) >= 11 is 0. The van der Waals surface area contributed by atoms with Gasteiger partial charge in [-0.15, -0.1) is 0 Å². The van der Waals surface area contributed by atoms with Crippen LogP contribution in [0, 0.1) is 0 Å². The average Bonchev–Trinajstić information content (AvgIpc) is 2.92. The van der Waals surface area contributed by atoms with Crippen molar-refractivity contribution in [1.29, 1.82) is 0 Å². The van der Waals surface area contributed by atoms with E-state index in [1.807, 2.05) is 12.4 Å². The van der Waals surface area contributed by atoms with Crippen molar-refractivity contribution < 1.29 is 0 Å². The maximum atomic E-state index is 4.37. The zero-order chi connectivity index (χ0) is 13.1. The maximum Gasteiger partial charge on any atom is 0.0346 e.